The number of phenolic OH excluding ortho intramolecular Hbond substituents is 1. The predicted molar refractivity (Wildman–Crippen MR) is 75.4 cm³/mol. The Morgan fingerprint density at radius 3 is 1.95 bits per heavy atom. The van der Waals surface area contributed by atoms with Crippen LogP contribution in [0.3, 0.4) is 0 Å². The highest BCUT2D eigenvalue weighted by molar-refractivity contribution is 5.93. The predicted octanol–water partition coefficient (Wildman–Crippen LogP) is 1.90. The zero-order valence-corrected chi connectivity index (χ0v) is 10.9. The second-order valence-corrected chi connectivity index (χ2v) is 4.96. The van der Waals surface area contributed by atoms with Gasteiger partial charge >= 0.3 is 22.1 Å². The minimum Gasteiger partial charge on any atom is -0.502 e. The lowest BCUT2D eigenvalue weighted by atomic mass is 10.1. The Bertz CT molecular complexity index is 1030. The minimum absolute atomic E-state index is 0.104. The van der Waals surface area contributed by atoms with E-state index in [1.165, 1.54) is 6.07 Å². The summed E-state index contributed by atoms with van der Waals surface area (Å²) in [5.41, 5.74) is 1.34. The van der Waals surface area contributed by atoms with Crippen molar-refractivity contribution in [2.45, 2.75) is 0 Å². The molecule has 5 nitrogen and oxygen atoms in total. The largest absolute Gasteiger partial charge is 0.502 e. The van der Waals surface area contributed by atoms with Gasteiger partial charge in [-0.3, -0.25) is 10.4 Å². The van der Waals surface area contributed by atoms with Crippen molar-refractivity contribution in [3.05, 3.63) is 54.6 Å². The number of fused-ring (bicyclic) bond motifs is 3. The van der Waals surface area contributed by atoms with E-state index in [-0.39, 0.29) is 11.3 Å². The van der Waals surface area contributed by atoms with E-state index in [0.29, 0.717) is 16.6 Å². The Labute approximate surface area is 119 Å². The van der Waals surface area contributed by atoms with Gasteiger partial charge in [0.15, 0.2) is 0 Å². The lowest BCUT2D eigenvalue weighted by molar-refractivity contribution is -0.894. The topological polar surface area (TPSA) is 68.5 Å². The molecule has 0 atom stereocenters. The van der Waals surface area contributed by atoms with Gasteiger partial charge in [0.25, 0.3) is 0 Å². The summed E-state index contributed by atoms with van der Waals surface area (Å²) in [5, 5.41) is 32.6. The van der Waals surface area contributed by atoms with Crippen molar-refractivity contribution >= 4 is 32.8 Å². The number of para-hydroxylation sites is 1. The molecule has 3 N–H and O–H groups in total. The van der Waals surface area contributed by atoms with E-state index in [0.717, 1.165) is 20.2 Å². The molecular formula is C16H12N2O3+2. The van der Waals surface area contributed by atoms with Crippen LogP contribution in [0.2, 0.25) is 0 Å². The van der Waals surface area contributed by atoms with Crippen molar-refractivity contribution in [1.82, 2.24) is 0 Å². The first-order valence-electron chi connectivity index (χ1n) is 6.49. The molecule has 0 fully saturated rings. The molecule has 0 aliphatic heterocycles. The van der Waals surface area contributed by atoms with E-state index < -0.39 is 0 Å². The molecule has 0 aliphatic carbocycles. The number of rotatable bonds is 0. The Morgan fingerprint density at radius 2 is 1.29 bits per heavy atom. The van der Waals surface area contributed by atoms with Crippen LogP contribution in [0.1, 0.15) is 0 Å². The third-order valence-electron chi connectivity index (χ3n) is 3.73. The molecule has 0 unspecified atom stereocenters. The first-order valence-corrected chi connectivity index (χ1v) is 6.49. The van der Waals surface area contributed by atoms with Gasteiger partial charge in [0.1, 0.15) is 0 Å². The first-order chi connectivity index (χ1) is 10.2. The molecule has 21 heavy (non-hydrogen) atoms. The first kappa shape index (κ1) is 11.7. The standard InChI is InChI=1S/C16H11N2O3/c19-15-7-3-6-12-16(15)18(21)14-9-11-5-2-1-4-10(11)8-13(14)17(12)20/h1-9,20H,(H,19,21)/q+1/p+1. The lowest BCUT2D eigenvalue weighted by Crippen LogP contribution is -2.42. The van der Waals surface area contributed by atoms with Gasteiger partial charge in [-0.25, -0.2) is 0 Å². The number of aromatic hydroxyl groups is 1. The van der Waals surface area contributed by atoms with Crippen LogP contribution in [0.15, 0.2) is 54.6 Å². The highest BCUT2D eigenvalue weighted by atomic mass is 16.5. The minimum atomic E-state index is -0.104. The van der Waals surface area contributed by atoms with Gasteiger partial charge in [0, 0.05) is 27.7 Å². The van der Waals surface area contributed by atoms with Crippen molar-refractivity contribution in [1.29, 1.82) is 0 Å². The molecule has 3 aromatic carbocycles. The van der Waals surface area contributed by atoms with Gasteiger partial charge in [0.2, 0.25) is 5.75 Å². The Balaban J connectivity index is 2.32. The van der Waals surface area contributed by atoms with Crippen LogP contribution >= 0.6 is 0 Å². The van der Waals surface area contributed by atoms with E-state index in [9.17, 15) is 15.5 Å². The highest BCUT2D eigenvalue weighted by Crippen LogP contribution is 2.23. The zero-order chi connectivity index (χ0) is 14.6. The van der Waals surface area contributed by atoms with Crippen LogP contribution < -0.4 is 9.46 Å². The van der Waals surface area contributed by atoms with Crippen LogP contribution in [0.5, 0.6) is 5.75 Å². The van der Waals surface area contributed by atoms with E-state index in [1.807, 2.05) is 24.3 Å². The molecule has 0 bridgehead atoms. The van der Waals surface area contributed by atoms with Gasteiger partial charge in [-0.2, -0.15) is 0 Å². The highest BCUT2D eigenvalue weighted by Gasteiger charge is 2.31. The molecule has 5 heteroatoms. The van der Waals surface area contributed by atoms with Crippen LogP contribution in [-0.4, -0.2) is 15.5 Å². The lowest BCUT2D eigenvalue weighted by Gasteiger charge is -2.00. The fourth-order valence-corrected chi connectivity index (χ4v) is 2.71. The summed E-state index contributed by atoms with van der Waals surface area (Å²) < 4.78 is 1.88. The summed E-state index contributed by atoms with van der Waals surface area (Å²) in [6, 6.07) is 15.9. The van der Waals surface area contributed by atoms with Gasteiger partial charge < -0.3 is 5.11 Å². The summed E-state index contributed by atoms with van der Waals surface area (Å²) in [6.45, 7) is 0. The normalized spacial score (nSPS) is 11.4. The summed E-state index contributed by atoms with van der Waals surface area (Å²) in [7, 11) is 0. The zero-order valence-electron chi connectivity index (χ0n) is 10.9. The van der Waals surface area contributed by atoms with Crippen molar-refractivity contribution in [3.63, 3.8) is 0 Å². The number of phenols is 1. The Hall–Kier alpha value is -3.08. The third-order valence-corrected chi connectivity index (χ3v) is 3.73. The fourth-order valence-electron chi connectivity index (χ4n) is 2.71. The molecule has 0 radical (unpaired) electrons. The van der Waals surface area contributed by atoms with E-state index in [1.54, 1.807) is 24.3 Å². The summed E-state index contributed by atoms with van der Waals surface area (Å²) in [6.07, 6.45) is 0. The number of hydrogen-bond donors (Lipinski definition) is 3. The molecule has 0 amide bonds. The van der Waals surface area contributed by atoms with Gasteiger partial charge in [-0.15, -0.1) is 0 Å². The smallest absolute Gasteiger partial charge is 0.374 e. The maximum absolute atomic E-state index is 10.4. The van der Waals surface area contributed by atoms with Gasteiger partial charge in [-0.05, 0) is 16.8 Å². The van der Waals surface area contributed by atoms with Crippen LogP contribution in [0, 0.1) is 0 Å². The second kappa shape index (κ2) is 3.96. The number of benzene rings is 3. The van der Waals surface area contributed by atoms with Crippen molar-refractivity contribution in [3.8, 4) is 5.75 Å². The number of nitrogens with zero attached hydrogens (tertiary/aromatic N) is 2. The van der Waals surface area contributed by atoms with E-state index in [4.69, 9.17) is 0 Å². The molecule has 4 rings (SSSR count). The number of aromatic nitrogens is 2. The molecule has 1 heterocycles. The molecule has 0 saturated heterocycles. The summed E-state index contributed by atoms with van der Waals surface area (Å²) in [5.74, 6) is -0.104. The Morgan fingerprint density at radius 1 is 0.667 bits per heavy atom. The Kier molecular flexibility index (Phi) is 2.21. The molecule has 4 aromatic rings. The SMILES string of the molecule is Oc1cccc2c1[n+](O)c1cc3ccccc3cc1[n+]2O. The van der Waals surface area contributed by atoms with Crippen LogP contribution in [-0.2, 0) is 0 Å². The second-order valence-electron chi connectivity index (χ2n) is 4.96. The quantitative estimate of drug-likeness (QED) is 0.262. The fraction of sp³-hybridized carbons (Fsp3) is 0. The van der Waals surface area contributed by atoms with Crippen molar-refractivity contribution in [2.24, 2.45) is 0 Å². The average molecular weight is 280 g/mol. The van der Waals surface area contributed by atoms with Crippen LogP contribution in [0.4, 0.5) is 0 Å². The maximum atomic E-state index is 10.4. The molecule has 0 aliphatic rings. The molecule has 102 valence electrons. The van der Waals surface area contributed by atoms with E-state index >= 15 is 0 Å². The maximum Gasteiger partial charge on any atom is 0.374 e. The molecule has 0 spiro atoms. The van der Waals surface area contributed by atoms with E-state index in [2.05, 4.69) is 0 Å². The third kappa shape index (κ3) is 1.51. The van der Waals surface area contributed by atoms with Gasteiger partial charge in [-0.1, -0.05) is 30.3 Å². The van der Waals surface area contributed by atoms with Crippen molar-refractivity contribution < 1.29 is 25.0 Å². The van der Waals surface area contributed by atoms with Crippen LogP contribution in [0.25, 0.3) is 32.8 Å². The number of hydrogen-bond acceptors (Lipinski definition) is 3. The summed E-state index contributed by atoms with van der Waals surface area (Å²) in [4.78, 5) is 0. The monoisotopic (exact) mass is 280 g/mol. The van der Waals surface area contributed by atoms with Gasteiger partial charge in [0.05, 0.1) is 0 Å². The van der Waals surface area contributed by atoms with Crippen molar-refractivity contribution in [2.75, 3.05) is 0 Å². The molecule has 1 aromatic heterocycles. The molecule has 0 saturated carbocycles. The molecular weight excluding hydrogens is 268 g/mol. The summed E-state index contributed by atoms with van der Waals surface area (Å²) >= 11 is 0. The average Bonchev–Trinajstić information content (AvgIpc) is 2.51.